The lowest BCUT2D eigenvalue weighted by atomic mass is 10.1. The van der Waals surface area contributed by atoms with Crippen molar-refractivity contribution >= 4 is 23.5 Å². The van der Waals surface area contributed by atoms with Crippen molar-refractivity contribution in [3.05, 3.63) is 44.9 Å². The molecular weight excluding hydrogens is 587 g/mol. The van der Waals surface area contributed by atoms with E-state index in [0.29, 0.717) is 5.92 Å². The van der Waals surface area contributed by atoms with Crippen molar-refractivity contribution in [2.24, 2.45) is 5.92 Å². The number of rotatable bonds is 11. The normalized spacial score (nSPS) is 24.9. The molecule has 5 atom stereocenters. The molecule has 1 aromatic heterocycles. The van der Waals surface area contributed by atoms with Crippen molar-refractivity contribution in [1.29, 1.82) is 0 Å². The van der Waals surface area contributed by atoms with Gasteiger partial charge in [0.25, 0.3) is 5.56 Å². The Morgan fingerprint density at radius 2 is 1.82 bits per heavy atom. The quantitative estimate of drug-likeness (QED) is 0.129. The molecule has 0 spiro atoms. The molecule has 2 fully saturated rings. The van der Waals surface area contributed by atoms with E-state index < -0.39 is 59.8 Å². The Bertz CT molecular complexity index is 1390. The number of aliphatic hydroxyl groups excluding tert-OH is 1. The van der Waals surface area contributed by atoms with E-state index in [-0.39, 0.29) is 18.5 Å². The van der Waals surface area contributed by atoms with Crippen LogP contribution in [-0.4, -0.2) is 59.6 Å². The molecule has 39 heavy (non-hydrogen) atoms. The van der Waals surface area contributed by atoms with Gasteiger partial charge in [0.15, 0.2) is 0 Å². The number of aliphatic hydroxyl groups is 1. The predicted molar refractivity (Wildman–Crippen MR) is 132 cm³/mol. The number of allylic oxidation sites excluding steroid dienone is 1. The second-order valence-corrected chi connectivity index (χ2v) is 13.1. The van der Waals surface area contributed by atoms with E-state index in [1.165, 1.54) is 0 Å². The van der Waals surface area contributed by atoms with Crippen LogP contribution in [0.3, 0.4) is 0 Å². The zero-order valence-corrected chi connectivity index (χ0v) is 22.9. The minimum absolute atomic E-state index is 0.0716. The first kappa shape index (κ1) is 31.6. The number of hydrogen-bond acceptors (Lipinski definition) is 11. The third-order valence-corrected chi connectivity index (χ3v) is 9.58. The van der Waals surface area contributed by atoms with Gasteiger partial charge in [-0.2, -0.15) is 8.62 Å². The number of aromatic amines is 1. The summed E-state index contributed by atoms with van der Waals surface area (Å²) in [5.41, 5.74) is -0.834. The molecule has 20 heteroatoms. The van der Waals surface area contributed by atoms with Crippen LogP contribution in [0.5, 0.6) is 0 Å². The summed E-state index contributed by atoms with van der Waals surface area (Å²) < 4.78 is 52.1. The molecule has 17 nitrogen and oxygen atoms in total. The molecule has 1 aliphatic carbocycles. The van der Waals surface area contributed by atoms with Gasteiger partial charge in [-0.25, -0.2) is 18.5 Å². The Kier molecular flexibility index (Phi) is 10.3. The number of hydrogen-bond donors (Lipinski definition) is 7. The highest BCUT2D eigenvalue weighted by Crippen LogP contribution is 2.66. The maximum Gasteiger partial charge on any atom is 0.490 e. The molecule has 218 valence electrons. The summed E-state index contributed by atoms with van der Waals surface area (Å²) >= 11 is 0. The van der Waals surface area contributed by atoms with Gasteiger partial charge in [-0.1, -0.05) is 31.3 Å². The van der Waals surface area contributed by atoms with Crippen molar-refractivity contribution < 1.29 is 56.3 Å². The number of nitrogens with zero attached hydrogens (tertiary/aromatic N) is 1. The Morgan fingerprint density at radius 1 is 1.15 bits per heavy atom. The number of H-pyrrole nitrogens is 1. The van der Waals surface area contributed by atoms with Gasteiger partial charge >= 0.3 is 29.2 Å². The van der Waals surface area contributed by atoms with Crippen LogP contribution in [0.4, 0.5) is 0 Å². The topological polar surface area (TPSA) is 256 Å². The lowest BCUT2D eigenvalue weighted by molar-refractivity contribution is -0.0450. The molecule has 2 heterocycles. The first-order chi connectivity index (χ1) is 18.1. The van der Waals surface area contributed by atoms with Gasteiger partial charge in [0.1, 0.15) is 17.9 Å². The molecular formula is C19H28N3O14P3. The molecule has 0 radical (unpaired) electrons. The van der Waals surface area contributed by atoms with E-state index in [4.69, 9.17) is 14.5 Å². The van der Waals surface area contributed by atoms with Crippen LogP contribution in [-0.2, 0) is 31.6 Å². The Morgan fingerprint density at radius 3 is 2.46 bits per heavy atom. The summed E-state index contributed by atoms with van der Waals surface area (Å²) in [6.45, 7) is 3.31. The first-order valence-electron chi connectivity index (χ1n) is 11.4. The van der Waals surface area contributed by atoms with Crippen LogP contribution in [0, 0.1) is 17.8 Å². The van der Waals surface area contributed by atoms with Crippen molar-refractivity contribution in [1.82, 2.24) is 14.9 Å². The summed E-state index contributed by atoms with van der Waals surface area (Å²) in [6, 6.07) is 0. The fourth-order valence-electron chi connectivity index (χ4n) is 4.01. The summed E-state index contributed by atoms with van der Waals surface area (Å²) in [4.78, 5) is 62.5. The van der Waals surface area contributed by atoms with E-state index in [9.17, 15) is 38.2 Å². The van der Waals surface area contributed by atoms with Gasteiger partial charge in [-0.3, -0.25) is 18.9 Å². The van der Waals surface area contributed by atoms with E-state index in [2.05, 4.69) is 41.9 Å². The minimum Gasteiger partial charge on any atom is -0.390 e. The van der Waals surface area contributed by atoms with Gasteiger partial charge in [0.05, 0.1) is 19.3 Å². The number of aromatic nitrogens is 2. The molecule has 0 bridgehead atoms. The first-order valence-corrected chi connectivity index (χ1v) is 16.0. The molecule has 0 amide bonds. The average molecular weight is 615 g/mol. The largest absolute Gasteiger partial charge is 0.490 e. The van der Waals surface area contributed by atoms with Crippen molar-refractivity contribution in [3.63, 3.8) is 0 Å². The molecule has 3 rings (SSSR count). The standard InChI is InChI=1S/C19H28N3O14P3/c1-12(13-5-2-3-6-13)20-8-4-7-14-10-22(19(25)21-18(14)24)17-9-15(23)16(34-17)11-33-38(29,30)36-39(31,32)35-37(26,27)28/h10,13,15-17,20,23H,1-3,5-6,8-9,11H2,(H,29,30)(H,31,32)(H,21,24,25)(H2,26,27,28)/t15?,16-,17-/m1/s1. The third-order valence-electron chi connectivity index (χ3n) is 5.77. The van der Waals surface area contributed by atoms with Crippen LogP contribution in [0.15, 0.2) is 28.1 Å². The highest BCUT2D eigenvalue weighted by Gasteiger charge is 2.43. The summed E-state index contributed by atoms with van der Waals surface area (Å²) in [5, 5.41) is 13.4. The molecule has 1 aromatic rings. The Hall–Kier alpha value is -1.89. The molecule has 7 N–H and O–H groups in total. The van der Waals surface area contributed by atoms with Gasteiger partial charge in [0, 0.05) is 18.3 Å². The maximum absolute atomic E-state index is 12.3. The van der Waals surface area contributed by atoms with Gasteiger partial charge in [-0.15, -0.1) is 0 Å². The van der Waals surface area contributed by atoms with Gasteiger partial charge < -0.3 is 34.7 Å². The van der Waals surface area contributed by atoms with Gasteiger partial charge in [-0.05, 0) is 18.8 Å². The second kappa shape index (κ2) is 12.7. The molecule has 1 aliphatic heterocycles. The number of phosphoric ester groups is 1. The average Bonchev–Trinajstić information content (AvgIpc) is 3.44. The second-order valence-electron chi connectivity index (χ2n) is 8.69. The lowest BCUT2D eigenvalue weighted by Gasteiger charge is -2.19. The summed E-state index contributed by atoms with van der Waals surface area (Å²) in [7, 11) is -16.7. The fourth-order valence-corrected chi connectivity index (χ4v) is 7.04. The molecule has 2 aliphatic rings. The van der Waals surface area contributed by atoms with Crippen molar-refractivity contribution in [2.75, 3.05) is 13.2 Å². The number of ether oxygens (including phenoxy) is 1. The lowest BCUT2D eigenvalue weighted by Crippen LogP contribution is -2.33. The zero-order chi connectivity index (χ0) is 29.0. The van der Waals surface area contributed by atoms with Crippen molar-refractivity contribution in [2.45, 2.75) is 50.5 Å². The number of nitrogens with one attached hydrogen (secondary N) is 2. The van der Waals surface area contributed by atoms with Gasteiger partial charge in [0.2, 0.25) is 0 Å². The van der Waals surface area contributed by atoms with Crippen LogP contribution >= 0.6 is 23.5 Å². The van der Waals surface area contributed by atoms with Crippen LogP contribution in [0.1, 0.15) is 43.9 Å². The molecule has 3 unspecified atom stereocenters. The zero-order valence-electron chi connectivity index (χ0n) is 20.2. The highest BCUT2D eigenvalue weighted by atomic mass is 31.3. The third kappa shape index (κ3) is 9.61. The van der Waals surface area contributed by atoms with E-state index in [1.807, 2.05) is 0 Å². The van der Waals surface area contributed by atoms with E-state index in [1.54, 1.807) is 0 Å². The minimum atomic E-state index is -5.72. The van der Waals surface area contributed by atoms with Crippen LogP contribution in [0.25, 0.3) is 0 Å². The predicted octanol–water partition coefficient (Wildman–Crippen LogP) is 0.173. The summed E-state index contributed by atoms with van der Waals surface area (Å²) in [5.74, 6) is 5.81. The molecule has 1 saturated heterocycles. The monoisotopic (exact) mass is 615 g/mol. The summed E-state index contributed by atoms with van der Waals surface area (Å²) in [6.07, 6.45) is 1.39. The molecule has 0 aromatic carbocycles. The fraction of sp³-hybridized carbons (Fsp3) is 0.579. The maximum atomic E-state index is 12.3. The van der Waals surface area contributed by atoms with Crippen LogP contribution in [0.2, 0.25) is 0 Å². The highest BCUT2D eigenvalue weighted by molar-refractivity contribution is 7.66. The molecule has 1 saturated carbocycles. The number of phosphoric acid groups is 3. The smallest absolute Gasteiger partial charge is 0.390 e. The van der Waals surface area contributed by atoms with Crippen LogP contribution < -0.4 is 16.6 Å². The van der Waals surface area contributed by atoms with E-state index >= 15 is 0 Å². The van der Waals surface area contributed by atoms with Crippen molar-refractivity contribution in [3.8, 4) is 11.8 Å². The van der Waals surface area contributed by atoms with E-state index in [0.717, 1.165) is 42.1 Å². The Labute approximate surface area is 221 Å². The SMILES string of the molecule is C=C(NCC#Cc1cn([C@H]2CC(O)[C@@H](COP(=O)(O)OP(=O)(O)OP(=O)(O)O)O2)c(=O)[nH]c1=O)C1CCCC1. The Balaban J connectivity index is 1.62.